The molecular formula is C14H14. The summed E-state index contributed by atoms with van der Waals surface area (Å²) in [4.78, 5) is 0. The highest BCUT2D eigenvalue weighted by Gasteiger charge is 2.05. The van der Waals surface area contributed by atoms with Crippen LogP contribution >= 0.6 is 0 Å². The summed E-state index contributed by atoms with van der Waals surface area (Å²) in [5.41, 5.74) is 2.05. The molecule has 0 fully saturated rings. The molecule has 0 N–H and O–H groups in total. The van der Waals surface area contributed by atoms with E-state index in [9.17, 15) is 0 Å². The molecule has 0 heterocycles. The largest absolute Gasteiger partial charge is 0.0622 e. The summed E-state index contributed by atoms with van der Waals surface area (Å²) < 4.78 is 8.41. The predicted octanol–water partition coefficient (Wildman–Crippen LogP) is 3.84. The van der Waals surface area contributed by atoms with Crippen LogP contribution in [0.1, 0.15) is 25.3 Å². The van der Waals surface area contributed by atoms with Crippen molar-refractivity contribution in [2.45, 2.75) is 12.8 Å². The molecule has 0 nitrogen and oxygen atoms in total. The Hall–Kier alpha value is -1.56. The summed E-state index contributed by atoms with van der Waals surface area (Å²) in [7, 11) is 0. The molecule has 0 unspecified atom stereocenters. The van der Waals surface area contributed by atoms with Crippen LogP contribution in [0.3, 0.4) is 0 Å². The first-order chi connectivity index (χ1) is 7.21. The van der Waals surface area contributed by atoms with E-state index in [4.69, 9.17) is 1.37 Å². The van der Waals surface area contributed by atoms with Gasteiger partial charge in [-0.3, -0.25) is 0 Å². The van der Waals surface area contributed by atoms with Crippen molar-refractivity contribution in [2.75, 3.05) is 0 Å². The Bertz CT molecular complexity index is 376. The summed E-state index contributed by atoms with van der Waals surface area (Å²) in [6.45, 7) is 1.93. The summed E-state index contributed by atoms with van der Waals surface area (Å²) >= 11 is 0. The van der Waals surface area contributed by atoms with Gasteiger partial charge in [0, 0.05) is 7.26 Å². The summed E-state index contributed by atoms with van der Waals surface area (Å²) in [6.07, 6.45) is 0. The van der Waals surface area contributed by atoms with Crippen molar-refractivity contribution in [3.63, 3.8) is 0 Å². The summed E-state index contributed by atoms with van der Waals surface area (Å²) in [5.74, 6) is -0.664. The molecular weight excluding hydrogens is 168 g/mol. The van der Waals surface area contributed by atoms with Crippen LogP contribution in [0.5, 0.6) is 0 Å². The lowest BCUT2D eigenvalue weighted by Crippen LogP contribution is -1.94. The fourth-order valence-electron chi connectivity index (χ4n) is 1.54. The standard InChI is InChI=1S/C14H14/c1-12(13-8-4-2-5-9-13)14-10-6-3-7-11-14/h2-12H,1H3/i12T. The molecule has 0 radical (unpaired) electrons. The van der Waals surface area contributed by atoms with Crippen LogP contribution in [-0.2, 0) is 0 Å². The molecule has 0 aliphatic heterocycles. The minimum absolute atomic E-state index is 0.664. The normalized spacial score (nSPS) is 12.2. The molecule has 14 heavy (non-hydrogen) atoms. The molecule has 0 saturated heterocycles. The Morgan fingerprint density at radius 1 is 0.786 bits per heavy atom. The molecule has 70 valence electrons. The molecule has 0 saturated carbocycles. The zero-order valence-electron chi connectivity index (χ0n) is 9.27. The molecule has 0 aliphatic carbocycles. The second-order valence-corrected chi connectivity index (χ2v) is 3.36. The Kier molecular flexibility index (Phi) is 2.29. The monoisotopic (exact) mass is 184 g/mol. The number of benzene rings is 2. The van der Waals surface area contributed by atoms with Crippen LogP contribution < -0.4 is 0 Å². The highest BCUT2D eigenvalue weighted by atomic mass is 14.1. The molecule has 0 aromatic heterocycles. The van der Waals surface area contributed by atoms with E-state index >= 15 is 0 Å². The Morgan fingerprint density at radius 3 is 1.50 bits per heavy atom. The lowest BCUT2D eigenvalue weighted by molar-refractivity contribution is 0.922. The van der Waals surface area contributed by atoms with Crippen LogP contribution in [0.2, 0.25) is 0 Å². The Morgan fingerprint density at radius 2 is 1.14 bits per heavy atom. The fourth-order valence-corrected chi connectivity index (χ4v) is 1.54. The van der Waals surface area contributed by atoms with Crippen LogP contribution in [-0.4, -0.2) is 0 Å². The average molecular weight is 184 g/mol. The van der Waals surface area contributed by atoms with Gasteiger partial charge in [0.1, 0.15) is 0 Å². The van der Waals surface area contributed by atoms with Gasteiger partial charge in [0.2, 0.25) is 0 Å². The molecule has 0 aliphatic rings. The van der Waals surface area contributed by atoms with Gasteiger partial charge in [0.05, 0.1) is 0 Å². The van der Waals surface area contributed by atoms with Crippen molar-refractivity contribution in [2.24, 2.45) is 0 Å². The number of hydrogen-bond donors (Lipinski definition) is 0. The Balaban J connectivity index is 2.44. The van der Waals surface area contributed by atoms with Crippen LogP contribution in [0.4, 0.5) is 0 Å². The van der Waals surface area contributed by atoms with E-state index < -0.39 is 5.89 Å². The van der Waals surface area contributed by atoms with Gasteiger partial charge in [-0.25, -0.2) is 0 Å². The van der Waals surface area contributed by atoms with Crippen molar-refractivity contribution in [3.05, 3.63) is 71.8 Å². The van der Waals surface area contributed by atoms with Gasteiger partial charge < -0.3 is 0 Å². The van der Waals surface area contributed by atoms with Crippen molar-refractivity contribution >= 4 is 0 Å². The molecule has 2 rings (SSSR count). The van der Waals surface area contributed by atoms with E-state index in [1.165, 1.54) is 0 Å². The number of hydrogen-bond acceptors (Lipinski definition) is 0. The SMILES string of the molecule is [3H]C(C)(c1ccccc1)c1ccccc1. The van der Waals surface area contributed by atoms with Gasteiger partial charge in [-0.1, -0.05) is 67.6 Å². The summed E-state index contributed by atoms with van der Waals surface area (Å²) in [6, 6.07) is 19.9. The molecule has 0 bridgehead atoms. The molecule has 0 heteroatoms. The van der Waals surface area contributed by atoms with E-state index in [2.05, 4.69) is 0 Å². The van der Waals surface area contributed by atoms with E-state index in [1.54, 1.807) is 0 Å². The van der Waals surface area contributed by atoms with E-state index in [-0.39, 0.29) is 0 Å². The average Bonchev–Trinajstić information content (AvgIpc) is 2.31. The maximum absolute atomic E-state index is 8.41. The van der Waals surface area contributed by atoms with E-state index in [1.807, 2.05) is 67.6 Å². The van der Waals surface area contributed by atoms with E-state index in [0.717, 1.165) is 11.1 Å². The molecule has 2 aromatic carbocycles. The second-order valence-electron chi connectivity index (χ2n) is 3.36. The zero-order valence-corrected chi connectivity index (χ0v) is 8.27. The van der Waals surface area contributed by atoms with Crippen molar-refractivity contribution in [1.82, 2.24) is 0 Å². The van der Waals surface area contributed by atoms with Crippen LogP contribution in [0.25, 0.3) is 0 Å². The lowest BCUT2D eigenvalue weighted by Gasteiger charge is -2.11. The highest BCUT2D eigenvalue weighted by Crippen LogP contribution is 2.22. The fraction of sp³-hybridized carbons (Fsp3) is 0.143. The quantitative estimate of drug-likeness (QED) is 0.665. The first-order valence-corrected chi connectivity index (χ1v) is 4.82. The first kappa shape index (κ1) is 7.81. The zero-order chi connectivity index (χ0) is 10.7. The molecule has 2 aromatic rings. The first-order valence-electron chi connectivity index (χ1n) is 5.32. The third kappa shape index (κ3) is 1.85. The molecule has 0 amide bonds. The lowest BCUT2D eigenvalue weighted by atomic mass is 9.93. The van der Waals surface area contributed by atoms with Crippen LogP contribution in [0, 0.1) is 0 Å². The van der Waals surface area contributed by atoms with Gasteiger partial charge in [0.15, 0.2) is 0 Å². The van der Waals surface area contributed by atoms with Gasteiger partial charge in [0.25, 0.3) is 0 Å². The molecule has 0 spiro atoms. The smallest absolute Gasteiger partial charge is 0.0399 e. The Labute approximate surface area is 86.6 Å². The maximum atomic E-state index is 8.41. The minimum Gasteiger partial charge on any atom is -0.0622 e. The predicted molar refractivity (Wildman–Crippen MR) is 60.4 cm³/mol. The van der Waals surface area contributed by atoms with Crippen LogP contribution in [0.15, 0.2) is 60.7 Å². The van der Waals surface area contributed by atoms with Crippen molar-refractivity contribution in [3.8, 4) is 0 Å². The van der Waals surface area contributed by atoms with E-state index in [0.29, 0.717) is 0 Å². The molecule has 0 atom stereocenters. The van der Waals surface area contributed by atoms with Crippen molar-refractivity contribution < 1.29 is 1.37 Å². The topological polar surface area (TPSA) is 0 Å². The maximum Gasteiger partial charge on any atom is 0.0399 e. The number of rotatable bonds is 2. The van der Waals surface area contributed by atoms with Gasteiger partial charge in [-0.15, -0.1) is 0 Å². The highest BCUT2D eigenvalue weighted by molar-refractivity contribution is 5.31. The second kappa shape index (κ2) is 4.10. The summed E-state index contributed by atoms with van der Waals surface area (Å²) in [5, 5.41) is 0. The van der Waals surface area contributed by atoms with Gasteiger partial charge in [-0.2, -0.15) is 0 Å². The van der Waals surface area contributed by atoms with Gasteiger partial charge in [-0.05, 0) is 11.1 Å². The third-order valence-electron chi connectivity index (χ3n) is 2.41. The van der Waals surface area contributed by atoms with Crippen molar-refractivity contribution in [1.29, 1.82) is 0 Å². The third-order valence-corrected chi connectivity index (χ3v) is 2.41. The van der Waals surface area contributed by atoms with Gasteiger partial charge >= 0.3 is 0 Å². The minimum atomic E-state index is -0.664.